The van der Waals surface area contributed by atoms with E-state index in [1.165, 1.54) is 37.7 Å². The van der Waals surface area contributed by atoms with Gasteiger partial charge in [-0.2, -0.15) is 0 Å². The second-order valence-electron chi connectivity index (χ2n) is 15.8. The van der Waals surface area contributed by atoms with Crippen molar-refractivity contribution >= 4 is 11.8 Å². The first-order valence-corrected chi connectivity index (χ1v) is 18.5. The van der Waals surface area contributed by atoms with Gasteiger partial charge in [-0.1, -0.05) is 25.7 Å². The predicted octanol–water partition coefficient (Wildman–Crippen LogP) is 5.80. The maximum absolute atomic E-state index is 15.6. The van der Waals surface area contributed by atoms with E-state index in [2.05, 4.69) is 28.8 Å². The number of aliphatic hydroxyl groups is 1. The van der Waals surface area contributed by atoms with Crippen LogP contribution in [0.3, 0.4) is 0 Å². The van der Waals surface area contributed by atoms with E-state index in [-0.39, 0.29) is 24.7 Å². The van der Waals surface area contributed by atoms with Crippen LogP contribution in [-0.4, -0.2) is 97.3 Å². The molecule has 44 heavy (non-hydrogen) atoms. The molecule has 6 atom stereocenters. The smallest absolute Gasteiger partial charge is 0.250 e. The van der Waals surface area contributed by atoms with E-state index < -0.39 is 5.41 Å². The number of amides is 2. The molecule has 2 heterocycles. The number of methoxy groups -OCH3 is 1. The molecule has 6 rings (SSSR count). The summed E-state index contributed by atoms with van der Waals surface area (Å²) in [5.41, 5.74) is 1.68. The van der Waals surface area contributed by atoms with Gasteiger partial charge >= 0.3 is 0 Å². The number of aliphatic hydroxyl groups excluding tert-OH is 1. The highest BCUT2D eigenvalue weighted by Crippen LogP contribution is 2.59. The second-order valence-corrected chi connectivity index (χ2v) is 15.8. The highest BCUT2D eigenvalue weighted by molar-refractivity contribution is 6.01. The van der Waals surface area contributed by atoms with Crippen LogP contribution in [0.2, 0.25) is 0 Å². The van der Waals surface area contributed by atoms with Gasteiger partial charge in [0.1, 0.15) is 0 Å². The van der Waals surface area contributed by atoms with Gasteiger partial charge in [0.05, 0.1) is 17.6 Å². The first kappa shape index (κ1) is 32.5. The van der Waals surface area contributed by atoms with Crippen LogP contribution in [0, 0.1) is 29.1 Å². The largest absolute Gasteiger partial charge is 0.396 e. The van der Waals surface area contributed by atoms with Gasteiger partial charge in [0, 0.05) is 44.3 Å². The van der Waals surface area contributed by atoms with E-state index >= 15 is 4.79 Å². The quantitative estimate of drug-likeness (QED) is 0.357. The molecule has 1 saturated heterocycles. The van der Waals surface area contributed by atoms with Crippen molar-refractivity contribution in [1.29, 1.82) is 0 Å². The average molecular weight is 612 g/mol. The molecule has 1 spiro atoms. The fourth-order valence-corrected chi connectivity index (χ4v) is 10.9. The van der Waals surface area contributed by atoms with Gasteiger partial charge in [-0.3, -0.25) is 9.59 Å². The Morgan fingerprint density at radius 3 is 2.34 bits per heavy atom. The third kappa shape index (κ3) is 6.03. The third-order valence-electron chi connectivity index (χ3n) is 13.0. The molecule has 0 aromatic heterocycles. The van der Waals surface area contributed by atoms with Crippen LogP contribution in [0.4, 0.5) is 0 Å². The monoisotopic (exact) mass is 611 g/mol. The van der Waals surface area contributed by atoms with Crippen LogP contribution in [-0.2, 0) is 14.3 Å². The van der Waals surface area contributed by atoms with Crippen LogP contribution >= 0.6 is 0 Å². The van der Waals surface area contributed by atoms with Crippen molar-refractivity contribution in [2.24, 2.45) is 29.1 Å². The summed E-state index contributed by atoms with van der Waals surface area (Å²) in [4.78, 5) is 37.3. The molecule has 2 aliphatic heterocycles. The van der Waals surface area contributed by atoms with E-state index in [0.29, 0.717) is 35.6 Å². The Balaban J connectivity index is 1.46. The van der Waals surface area contributed by atoms with Crippen LogP contribution in [0.25, 0.3) is 0 Å². The molecule has 6 aliphatic rings. The summed E-state index contributed by atoms with van der Waals surface area (Å²) < 4.78 is 6.05. The number of hydrogen-bond donors (Lipinski definition) is 1. The lowest BCUT2D eigenvalue weighted by Crippen LogP contribution is -2.70. The van der Waals surface area contributed by atoms with Gasteiger partial charge in [0.2, 0.25) is 11.8 Å². The zero-order valence-corrected chi connectivity index (χ0v) is 28.1. The molecular formula is C37H61N3O4. The molecule has 248 valence electrons. The number of carbonyl (C=O) groups excluding carboxylic acids is 2. The summed E-state index contributed by atoms with van der Waals surface area (Å²) in [7, 11) is 6.10. The van der Waals surface area contributed by atoms with Gasteiger partial charge in [-0.25, -0.2) is 0 Å². The molecule has 7 heteroatoms. The lowest BCUT2D eigenvalue weighted by atomic mass is 9.53. The maximum Gasteiger partial charge on any atom is 0.250 e. The van der Waals surface area contributed by atoms with Crippen molar-refractivity contribution in [3.63, 3.8) is 0 Å². The summed E-state index contributed by atoms with van der Waals surface area (Å²) >= 11 is 0. The van der Waals surface area contributed by atoms with Crippen molar-refractivity contribution in [3.05, 3.63) is 11.1 Å². The number of fused-ring (bicyclic) bond motifs is 2. The molecule has 4 fully saturated rings. The van der Waals surface area contributed by atoms with E-state index in [1.807, 2.05) is 7.11 Å². The summed E-state index contributed by atoms with van der Waals surface area (Å²) in [5.74, 6) is 2.11. The number of nitrogens with zero attached hydrogens (tertiary/aromatic N) is 3. The van der Waals surface area contributed by atoms with Crippen LogP contribution in [0.1, 0.15) is 116 Å². The predicted molar refractivity (Wildman–Crippen MR) is 174 cm³/mol. The number of ether oxygens (including phenoxy) is 1. The molecule has 0 aromatic carbocycles. The Bertz CT molecular complexity index is 1050. The van der Waals surface area contributed by atoms with Crippen molar-refractivity contribution in [2.75, 3.05) is 47.4 Å². The van der Waals surface area contributed by atoms with E-state index in [9.17, 15) is 9.90 Å². The molecule has 0 bridgehead atoms. The summed E-state index contributed by atoms with van der Waals surface area (Å²) in [5, 5.41) is 10.0. The minimum atomic E-state index is -0.589. The Morgan fingerprint density at radius 1 is 0.864 bits per heavy atom. The standard InChI is InChI=1S/C37H61N3O4/c1-38(2)21-10-22-39-32-15-8-4-11-28(32)23-37(36(39)43)31-14-7-6-13-30(31)35(42)40(24-29-12-5-9-16-33(29)44-3)34(37)27-19-17-26(25-41)18-20-27/h26-29,32-34,41H,4-25H2,1-3H3/t26?,27?,28?,29?,32?,33?,34-,37-/m0/s1. The summed E-state index contributed by atoms with van der Waals surface area (Å²) in [6.07, 6.45) is 19.4. The molecule has 2 amide bonds. The van der Waals surface area contributed by atoms with Gasteiger partial charge in [0.15, 0.2) is 0 Å². The number of piperidine rings is 1. The zero-order chi connectivity index (χ0) is 30.8. The molecular weight excluding hydrogens is 550 g/mol. The lowest BCUT2D eigenvalue weighted by Gasteiger charge is -2.61. The fraction of sp³-hybridized carbons (Fsp3) is 0.892. The van der Waals surface area contributed by atoms with E-state index in [4.69, 9.17) is 4.74 Å². The summed E-state index contributed by atoms with van der Waals surface area (Å²) in [6, 6.07) is 0.280. The number of carbonyl (C=O) groups is 2. The second kappa shape index (κ2) is 14.1. The molecule has 4 unspecified atom stereocenters. The Labute approximate surface area is 267 Å². The van der Waals surface area contributed by atoms with Crippen LogP contribution in [0.15, 0.2) is 11.1 Å². The zero-order valence-electron chi connectivity index (χ0n) is 28.1. The number of hydrogen-bond acceptors (Lipinski definition) is 5. The third-order valence-corrected chi connectivity index (χ3v) is 13.0. The molecule has 0 aromatic rings. The molecule has 3 saturated carbocycles. The maximum atomic E-state index is 15.6. The fourth-order valence-electron chi connectivity index (χ4n) is 10.9. The van der Waals surface area contributed by atoms with Crippen molar-refractivity contribution < 1.29 is 19.4 Å². The van der Waals surface area contributed by atoms with Crippen molar-refractivity contribution in [2.45, 2.75) is 134 Å². The normalized spacial score (nSPS) is 38.3. The molecule has 0 radical (unpaired) electrons. The van der Waals surface area contributed by atoms with Gasteiger partial charge in [-0.05, 0) is 134 Å². The van der Waals surface area contributed by atoms with Crippen molar-refractivity contribution in [1.82, 2.24) is 14.7 Å². The minimum Gasteiger partial charge on any atom is -0.396 e. The van der Waals surface area contributed by atoms with E-state index in [1.54, 1.807) is 0 Å². The van der Waals surface area contributed by atoms with Gasteiger partial charge in [-0.15, -0.1) is 0 Å². The van der Waals surface area contributed by atoms with Crippen LogP contribution < -0.4 is 0 Å². The first-order chi connectivity index (χ1) is 21.4. The highest BCUT2D eigenvalue weighted by atomic mass is 16.5. The Morgan fingerprint density at radius 2 is 1.59 bits per heavy atom. The van der Waals surface area contributed by atoms with Gasteiger partial charge in [0.25, 0.3) is 0 Å². The Hall–Kier alpha value is -1.44. The van der Waals surface area contributed by atoms with Gasteiger partial charge < -0.3 is 24.5 Å². The van der Waals surface area contributed by atoms with E-state index in [0.717, 1.165) is 109 Å². The highest BCUT2D eigenvalue weighted by Gasteiger charge is 2.64. The number of rotatable bonds is 9. The average Bonchev–Trinajstić information content (AvgIpc) is 3.05. The molecule has 1 N–H and O–H groups in total. The number of likely N-dealkylation sites (tertiary alicyclic amines) is 1. The molecule has 7 nitrogen and oxygen atoms in total. The lowest BCUT2D eigenvalue weighted by molar-refractivity contribution is -0.168. The Kier molecular flexibility index (Phi) is 10.4. The van der Waals surface area contributed by atoms with Crippen molar-refractivity contribution in [3.8, 4) is 0 Å². The molecule has 4 aliphatic carbocycles. The minimum absolute atomic E-state index is 0.0716. The SMILES string of the molecule is COC1CCCCC1CN1C(=O)C2=C(CCCC2)[C@@]2(CC3CCCCC3N(CCCN(C)C)C2=O)[C@@H]1C1CCC(CO)CC1. The van der Waals surface area contributed by atoms with Crippen LogP contribution in [0.5, 0.6) is 0 Å². The topological polar surface area (TPSA) is 73.3 Å². The summed E-state index contributed by atoms with van der Waals surface area (Å²) in [6.45, 7) is 2.79. The first-order valence-electron chi connectivity index (χ1n) is 18.5.